The Labute approximate surface area is 162 Å². The predicted octanol–water partition coefficient (Wildman–Crippen LogP) is 5.19. The number of benzene rings is 2. The first-order chi connectivity index (χ1) is 11.4. The minimum Gasteiger partial charge on any atom is -0.507 e. The van der Waals surface area contributed by atoms with Crippen molar-refractivity contribution in [2.24, 2.45) is 5.10 Å². The molecule has 0 radical (unpaired) electrons. The molecular formula is C16H9Br3N2O3. The summed E-state index contributed by atoms with van der Waals surface area (Å²) in [7, 11) is 0. The number of nitrogens with zero attached hydrogens (tertiary/aromatic N) is 1. The molecule has 1 amide bonds. The monoisotopic (exact) mass is 514 g/mol. The SMILES string of the molecule is O=C(N/N=C\c1ccc(O)c(Br)c1)c1cc2cc(Br)cc(Br)c2o1. The second-order valence-corrected chi connectivity index (χ2v) is 7.45. The van der Waals surface area contributed by atoms with Crippen LogP contribution in [0, 0.1) is 0 Å². The number of phenols is 1. The van der Waals surface area contributed by atoms with Gasteiger partial charge in [0.25, 0.3) is 0 Å². The summed E-state index contributed by atoms with van der Waals surface area (Å²) in [6.45, 7) is 0. The van der Waals surface area contributed by atoms with Crippen molar-refractivity contribution in [3.8, 4) is 5.75 Å². The number of hydrogen-bond acceptors (Lipinski definition) is 4. The van der Waals surface area contributed by atoms with Crippen molar-refractivity contribution < 1.29 is 14.3 Å². The maximum atomic E-state index is 12.1. The van der Waals surface area contributed by atoms with Gasteiger partial charge in [-0.2, -0.15) is 5.10 Å². The van der Waals surface area contributed by atoms with Crippen LogP contribution in [-0.4, -0.2) is 17.2 Å². The number of hydrazone groups is 1. The number of phenolic OH excluding ortho intramolecular Hbond substituents is 1. The van der Waals surface area contributed by atoms with E-state index in [4.69, 9.17) is 4.42 Å². The molecule has 24 heavy (non-hydrogen) atoms. The van der Waals surface area contributed by atoms with Crippen LogP contribution in [0.3, 0.4) is 0 Å². The van der Waals surface area contributed by atoms with E-state index in [0.29, 0.717) is 10.1 Å². The number of aromatic hydroxyl groups is 1. The largest absolute Gasteiger partial charge is 0.507 e. The third kappa shape index (κ3) is 3.71. The van der Waals surface area contributed by atoms with Crippen LogP contribution in [-0.2, 0) is 0 Å². The van der Waals surface area contributed by atoms with Gasteiger partial charge in [-0.25, -0.2) is 5.43 Å². The third-order valence-electron chi connectivity index (χ3n) is 3.11. The van der Waals surface area contributed by atoms with Crippen LogP contribution in [0.4, 0.5) is 0 Å². The Hall–Kier alpha value is -1.64. The van der Waals surface area contributed by atoms with E-state index in [2.05, 4.69) is 58.3 Å². The van der Waals surface area contributed by atoms with Crippen molar-refractivity contribution >= 4 is 70.9 Å². The number of halogens is 3. The minimum atomic E-state index is -0.455. The maximum absolute atomic E-state index is 12.1. The van der Waals surface area contributed by atoms with Crippen LogP contribution in [0.2, 0.25) is 0 Å². The molecule has 0 aliphatic heterocycles. The van der Waals surface area contributed by atoms with Gasteiger partial charge in [0.2, 0.25) is 0 Å². The summed E-state index contributed by atoms with van der Waals surface area (Å²) in [5.41, 5.74) is 3.72. The van der Waals surface area contributed by atoms with Crippen molar-refractivity contribution in [2.45, 2.75) is 0 Å². The Morgan fingerprint density at radius 1 is 1.12 bits per heavy atom. The lowest BCUT2D eigenvalue weighted by Gasteiger charge is -1.98. The van der Waals surface area contributed by atoms with Crippen molar-refractivity contribution in [1.29, 1.82) is 0 Å². The summed E-state index contributed by atoms with van der Waals surface area (Å²) in [5, 5.41) is 14.1. The highest BCUT2D eigenvalue weighted by Crippen LogP contribution is 2.31. The lowest BCUT2D eigenvalue weighted by atomic mass is 10.2. The standard InChI is InChI=1S/C16H9Br3N2O3/c17-10-4-9-5-14(24-15(9)12(19)6-10)16(23)21-20-7-8-1-2-13(22)11(18)3-8/h1-7,22H,(H,21,23)/b20-7-. The lowest BCUT2D eigenvalue weighted by molar-refractivity contribution is 0.0929. The molecule has 0 unspecified atom stereocenters. The molecule has 2 aromatic carbocycles. The van der Waals surface area contributed by atoms with Gasteiger partial charge in [-0.05, 0) is 73.8 Å². The van der Waals surface area contributed by atoms with Gasteiger partial charge in [-0.3, -0.25) is 4.79 Å². The number of carbonyl (C=O) groups excluding carboxylic acids is 1. The molecular weight excluding hydrogens is 508 g/mol. The first-order valence-corrected chi connectivity index (χ1v) is 9.02. The zero-order valence-corrected chi connectivity index (χ0v) is 16.6. The van der Waals surface area contributed by atoms with Crippen LogP contribution < -0.4 is 5.43 Å². The molecule has 0 fully saturated rings. The molecule has 1 aromatic heterocycles. The van der Waals surface area contributed by atoms with Gasteiger partial charge >= 0.3 is 5.91 Å². The molecule has 0 aliphatic rings. The molecule has 5 nitrogen and oxygen atoms in total. The van der Waals surface area contributed by atoms with Gasteiger partial charge in [0, 0.05) is 9.86 Å². The molecule has 0 aliphatic carbocycles. The number of furan rings is 1. The molecule has 1 heterocycles. The number of hydrogen-bond donors (Lipinski definition) is 2. The number of amides is 1. The van der Waals surface area contributed by atoms with E-state index >= 15 is 0 Å². The van der Waals surface area contributed by atoms with Gasteiger partial charge in [0.15, 0.2) is 5.76 Å². The first kappa shape index (κ1) is 17.2. The molecule has 3 aromatic rings. The van der Waals surface area contributed by atoms with Gasteiger partial charge < -0.3 is 9.52 Å². The maximum Gasteiger partial charge on any atom is 0.307 e. The molecule has 122 valence electrons. The van der Waals surface area contributed by atoms with Crippen LogP contribution in [0.5, 0.6) is 5.75 Å². The van der Waals surface area contributed by atoms with E-state index in [-0.39, 0.29) is 11.5 Å². The van der Waals surface area contributed by atoms with Crippen LogP contribution >= 0.6 is 47.8 Å². The molecule has 0 bridgehead atoms. The Balaban J connectivity index is 1.76. The van der Waals surface area contributed by atoms with Crippen molar-refractivity contribution in [1.82, 2.24) is 5.43 Å². The highest BCUT2D eigenvalue weighted by Gasteiger charge is 2.14. The Morgan fingerprint density at radius 2 is 1.92 bits per heavy atom. The Kier molecular flexibility index (Phi) is 5.07. The van der Waals surface area contributed by atoms with E-state index in [1.165, 1.54) is 12.3 Å². The summed E-state index contributed by atoms with van der Waals surface area (Å²) in [6.07, 6.45) is 1.47. The number of nitrogens with one attached hydrogen (secondary N) is 1. The van der Waals surface area contributed by atoms with Gasteiger partial charge in [-0.1, -0.05) is 15.9 Å². The Morgan fingerprint density at radius 3 is 2.67 bits per heavy atom. The highest BCUT2D eigenvalue weighted by atomic mass is 79.9. The van der Waals surface area contributed by atoms with E-state index in [1.807, 2.05) is 12.1 Å². The van der Waals surface area contributed by atoms with E-state index < -0.39 is 5.91 Å². The fraction of sp³-hybridized carbons (Fsp3) is 0. The van der Waals surface area contributed by atoms with Gasteiger partial charge in [0.1, 0.15) is 11.3 Å². The summed E-state index contributed by atoms with van der Waals surface area (Å²) in [6, 6.07) is 10.2. The normalized spacial score (nSPS) is 11.3. The predicted molar refractivity (Wildman–Crippen MR) is 102 cm³/mol. The van der Waals surface area contributed by atoms with Crippen LogP contribution in [0.25, 0.3) is 11.0 Å². The molecule has 0 atom stereocenters. The summed E-state index contributed by atoms with van der Waals surface area (Å²) >= 11 is 10.0. The summed E-state index contributed by atoms with van der Waals surface area (Å²) in [5.74, 6) is -0.161. The topological polar surface area (TPSA) is 74.8 Å². The lowest BCUT2D eigenvalue weighted by Crippen LogP contribution is -2.16. The third-order valence-corrected chi connectivity index (χ3v) is 4.79. The van der Waals surface area contributed by atoms with E-state index in [0.717, 1.165) is 19.9 Å². The second-order valence-electron chi connectivity index (χ2n) is 4.83. The molecule has 0 saturated heterocycles. The number of fused-ring (bicyclic) bond motifs is 1. The average Bonchev–Trinajstić information content (AvgIpc) is 2.95. The molecule has 3 rings (SSSR count). The Bertz CT molecular complexity index is 967. The number of rotatable bonds is 3. The van der Waals surface area contributed by atoms with Crippen molar-refractivity contribution in [3.05, 3.63) is 61.1 Å². The average molecular weight is 517 g/mol. The fourth-order valence-corrected chi connectivity index (χ4v) is 3.75. The van der Waals surface area contributed by atoms with E-state index in [9.17, 15) is 9.90 Å². The fourth-order valence-electron chi connectivity index (χ4n) is 2.01. The van der Waals surface area contributed by atoms with Crippen molar-refractivity contribution in [2.75, 3.05) is 0 Å². The van der Waals surface area contributed by atoms with Crippen LogP contribution in [0.15, 0.2) is 59.3 Å². The summed E-state index contributed by atoms with van der Waals surface area (Å²) < 4.78 is 7.74. The van der Waals surface area contributed by atoms with Gasteiger partial charge in [-0.15, -0.1) is 0 Å². The first-order valence-electron chi connectivity index (χ1n) is 6.64. The zero-order chi connectivity index (χ0) is 17.3. The summed E-state index contributed by atoms with van der Waals surface area (Å²) in [4.78, 5) is 12.1. The molecule has 8 heteroatoms. The van der Waals surface area contributed by atoms with E-state index in [1.54, 1.807) is 18.2 Å². The number of carbonyl (C=O) groups is 1. The molecule has 2 N–H and O–H groups in total. The highest BCUT2D eigenvalue weighted by molar-refractivity contribution is 9.11. The van der Waals surface area contributed by atoms with Gasteiger partial charge in [0.05, 0.1) is 15.2 Å². The minimum absolute atomic E-state index is 0.134. The van der Waals surface area contributed by atoms with Crippen molar-refractivity contribution in [3.63, 3.8) is 0 Å². The molecule has 0 spiro atoms. The second kappa shape index (κ2) is 7.08. The zero-order valence-electron chi connectivity index (χ0n) is 11.9. The smallest absolute Gasteiger partial charge is 0.307 e. The van der Waals surface area contributed by atoms with Crippen LogP contribution in [0.1, 0.15) is 16.1 Å². The molecule has 0 saturated carbocycles. The quantitative estimate of drug-likeness (QED) is 0.371.